The standard InChI is InChI=1S/C27H32FN5O2/c1-16-8-17(10-18(29)9-16)20-6-7-30-13-24(20)32-26(34)21-4-5-23(28)22-11-19(12-31-25(21)22)33-14-27(2,15-33)35-3/h4-7,11-13,16-18H,8-10,14-15,29H2,1-3H3,(H,32,34)/t16-,17+,18-/m0/s1. The number of carbonyl (C=O) groups excluding carboxylic acids is 1. The van der Waals surface area contributed by atoms with Gasteiger partial charge in [-0.2, -0.15) is 0 Å². The Bertz CT molecular complexity index is 1250. The van der Waals surface area contributed by atoms with Crippen LogP contribution in [-0.4, -0.2) is 47.7 Å². The van der Waals surface area contributed by atoms with Gasteiger partial charge >= 0.3 is 0 Å². The Hall–Kier alpha value is -3.10. The number of carbonyl (C=O) groups is 1. The first kappa shape index (κ1) is 23.6. The molecule has 35 heavy (non-hydrogen) atoms. The fraction of sp³-hybridized carbons (Fsp3) is 0.444. The Kier molecular flexibility index (Phi) is 6.19. The number of nitrogens with one attached hydrogen (secondary N) is 1. The second-order valence-corrected chi connectivity index (χ2v) is 10.4. The van der Waals surface area contributed by atoms with Crippen LogP contribution in [0.15, 0.2) is 42.9 Å². The molecular weight excluding hydrogens is 445 g/mol. The summed E-state index contributed by atoms with van der Waals surface area (Å²) < 4.78 is 20.3. The Morgan fingerprint density at radius 2 is 2.03 bits per heavy atom. The first-order valence-corrected chi connectivity index (χ1v) is 12.2. The van der Waals surface area contributed by atoms with Crippen molar-refractivity contribution in [2.24, 2.45) is 11.7 Å². The van der Waals surface area contributed by atoms with E-state index in [1.54, 1.807) is 31.8 Å². The van der Waals surface area contributed by atoms with Gasteiger partial charge in [-0.1, -0.05) is 6.92 Å². The molecule has 0 radical (unpaired) electrons. The zero-order valence-electron chi connectivity index (χ0n) is 20.4. The van der Waals surface area contributed by atoms with E-state index in [-0.39, 0.29) is 23.5 Å². The molecule has 1 saturated carbocycles. The minimum absolute atomic E-state index is 0.146. The smallest absolute Gasteiger partial charge is 0.257 e. The highest BCUT2D eigenvalue weighted by atomic mass is 19.1. The van der Waals surface area contributed by atoms with Crippen molar-refractivity contribution in [2.45, 2.75) is 50.7 Å². The van der Waals surface area contributed by atoms with E-state index in [2.05, 4.69) is 27.1 Å². The van der Waals surface area contributed by atoms with E-state index >= 15 is 0 Å². The van der Waals surface area contributed by atoms with Gasteiger partial charge in [-0.05, 0) is 67.9 Å². The number of hydrogen-bond donors (Lipinski definition) is 2. The van der Waals surface area contributed by atoms with Crippen LogP contribution in [0.5, 0.6) is 0 Å². The van der Waals surface area contributed by atoms with Crippen LogP contribution in [0.4, 0.5) is 15.8 Å². The Balaban J connectivity index is 1.42. The molecule has 1 aliphatic heterocycles. The molecule has 1 saturated heterocycles. The minimum Gasteiger partial charge on any atom is -0.375 e. The van der Waals surface area contributed by atoms with Gasteiger partial charge in [0.2, 0.25) is 0 Å². The molecule has 3 aromatic rings. The summed E-state index contributed by atoms with van der Waals surface area (Å²) in [6, 6.07) is 6.67. The van der Waals surface area contributed by atoms with E-state index < -0.39 is 5.82 Å². The summed E-state index contributed by atoms with van der Waals surface area (Å²) >= 11 is 0. The number of nitrogens with two attached hydrogens (primary N) is 1. The molecule has 8 heteroatoms. The summed E-state index contributed by atoms with van der Waals surface area (Å²) in [5.74, 6) is 0.0295. The summed E-state index contributed by atoms with van der Waals surface area (Å²) in [5, 5.41) is 3.33. The average molecular weight is 478 g/mol. The first-order valence-electron chi connectivity index (χ1n) is 12.2. The van der Waals surface area contributed by atoms with Crippen LogP contribution < -0.4 is 16.0 Å². The van der Waals surface area contributed by atoms with Crippen molar-refractivity contribution in [3.05, 3.63) is 59.8 Å². The second kappa shape index (κ2) is 9.17. The van der Waals surface area contributed by atoms with Crippen LogP contribution in [0.1, 0.15) is 54.9 Å². The highest BCUT2D eigenvalue weighted by Gasteiger charge is 2.39. The lowest BCUT2D eigenvalue weighted by Gasteiger charge is -2.48. The second-order valence-electron chi connectivity index (χ2n) is 10.4. The largest absolute Gasteiger partial charge is 0.375 e. The van der Waals surface area contributed by atoms with E-state index in [4.69, 9.17) is 10.5 Å². The number of ether oxygens (including phenoxy) is 1. The molecule has 0 spiro atoms. The van der Waals surface area contributed by atoms with Gasteiger partial charge in [-0.3, -0.25) is 14.8 Å². The number of halogens is 1. The summed E-state index contributed by atoms with van der Waals surface area (Å²) in [7, 11) is 1.69. The maximum absolute atomic E-state index is 14.8. The molecule has 3 N–H and O–H groups in total. The van der Waals surface area contributed by atoms with Gasteiger partial charge in [-0.25, -0.2) is 4.39 Å². The van der Waals surface area contributed by atoms with E-state index in [9.17, 15) is 9.18 Å². The van der Waals surface area contributed by atoms with Crippen LogP contribution >= 0.6 is 0 Å². The van der Waals surface area contributed by atoms with Gasteiger partial charge < -0.3 is 20.7 Å². The fourth-order valence-electron chi connectivity index (χ4n) is 5.57. The molecule has 1 amide bonds. The highest BCUT2D eigenvalue weighted by Crippen LogP contribution is 2.38. The Morgan fingerprint density at radius 3 is 2.77 bits per heavy atom. The summed E-state index contributed by atoms with van der Waals surface area (Å²) in [6.45, 7) is 5.65. The monoisotopic (exact) mass is 477 g/mol. The summed E-state index contributed by atoms with van der Waals surface area (Å²) in [5.41, 5.74) is 9.24. The highest BCUT2D eigenvalue weighted by molar-refractivity contribution is 6.12. The van der Waals surface area contributed by atoms with E-state index in [0.717, 1.165) is 30.5 Å². The molecule has 184 valence electrons. The van der Waals surface area contributed by atoms with Crippen molar-refractivity contribution >= 4 is 28.2 Å². The van der Waals surface area contributed by atoms with Gasteiger partial charge in [0.15, 0.2) is 0 Å². The number of aromatic nitrogens is 2. The number of nitrogens with zero attached hydrogens (tertiary/aromatic N) is 3. The van der Waals surface area contributed by atoms with Crippen LogP contribution in [0.25, 0.3) is 10.9 Å². The van der Waals surface area contributed by atoms with Crippen molar-refractivity contribution in [1.82, 2.24) is 9.97 Å². The lowest BCUT2D eigenvalue weighted by Crippen LogP contribution is -2.61. The SMILES string of the molecule is COC1(C)CN(c2cnc3c(C(=O)Nc4cnccc4[C@@H]4C[C@H](C)C[C@H](N)C4)ccc(F)c3c2)C1. The normalized spacial score (nSPS) is 23.7. The lowest BCUT2D eigenvalue weighted by molar-refractivity contribution is -0.0167. The van der Waals surface area contributed by atoms with Gasteiger partial charge in [0.1, 0.15) is 5.82 Å². The third kappa shape index (κ3) is 4.60. The molecule has 5 rings (SSSR count). The Labute approximate surface area is 204 Å². The maximum Gasteiger partial charge on any atom is 0.257 e. The molecule has 3 heterocycles. The van der Waals surface area contributed by atoms with Crippen LogP contribution in [-0.2, 0) is 4.74 Å². The molecule has 1 aromatic carbocycles. The fourth-order valence-corrected chi connectivity index (χ4v) is 5.57. The topological polar surface area (TPSA) is 93.4 Å². The van der Waals surface area contributed by atoms with Crippen LogP contribution in [0.2, 0.25) is 0 Å². The molecule has 2 aliphatic rings. The third-order valence-electron chi connectivity index (χ3n) is 7.46. The van der Waals surface area contributed by atoms with Gasteiger partial charge in [-0.15, -0.1) is 0 Å². The number of rotatable bonds is 5. The molecule has 2 aromatic heterocycles. The summed E-state index contributed by atoms with van der Waals surface area (Å²) in [6.07, 6.45) is 8.01. The number of benzene rings is 1. The predicted octanol–water partition coefficient (Wildman–Crippen LogP) is 4.48. The first-order chi connectivity index (χ1) is 16.8. The number of methoxy groups -OCH3 is 1. The molecule has 0 bridgehead atoms. The van der Waals surface area contributed by atoms with Gasteiger partial charge in [0, 0.05) is 37.8 Å². The van der Waals surface area contributed by atoms with Crippen molar-refractivity contribution in [3.8, 4) is 0 Å². The van der Waals surface area contributed by atoms with E-state index in [1.807, 2.05) is 13.0 Å². The number of hydrogen-bond acceptors (Lipinski definition) is 6. The quantitative estimate of drug-likeness (QED) is 0.563. The number of pyridine rings is 2. The Morgan fingerprint density at radius 1 is 1.23 bits per heavy atom. The third-order valence-corrected chi connectivity index (χ3v) is 7.46. The average Bonchev–Trinajstić information content (AvgIpc) is 2.82. The van der Waals surface area contributed by atoms with Gasteiger partial charge in [0.25, 0.3) is 5.91 Å². The maximum atomic E-state index is 14.8. The van der Waals surface area contributed by atoms with Crippen molar-refractivity contribution in [2.75, 3.05) is 30.4 Å². The van der Waals surface area contributed by atoms with Crippen LogP contribution in [0, 0.1) is 11.7 Å². The van der Waals surface area contributed by atoms with Crippen molar-refractivity contribution in [1.29, 1.82) is 0 Å². The molecule has 1 aliphatic carbocycles. The molecular formula is C27H32FN5O2. The van der Waals surface area contributed by atoms with Crippen molar-refractivity contribution in [3.63, 3.8) is 0 Å². The minimum atomic E-state index is -0.409. The molecule has 3 atom stereocenters. The van der Waals surface area contributed by atoms with Gasteiger partial charge in [0.05, 0.1) is 40.4 Å². The van der Waals surface area contributed by atoms with E-state index in [0.29, 0.717) is 41.2 Å². The van der Waals surface area contributed by atoms with Crippen molar-refractivity contribution < 1.29 is 13.9 Å². The molecule has 2 fully saturated rings. The number of fused-ring (bicyclic) bond motifs is 1. The lowest BCUT2D eigenvalue weighted by atomic mass is 9.76. The van der Waals surface area contributed by atoms with Crippen LogP contribution in [0.3, 0.4) is 0 Å². The predicted molar refractivity (Wildman–Crippen MR) is 135 cm³/mol. The molecule has 0 unspecified atom stereocenters. The number of amides is 1. The zero-order valence-corrected chi connectivity index (χ0v) is 20.4. The number of anilines is 2. The molecule has 7 nitrogen and oxygen atoms in total. The zero-order chi connectivity index (χ0) is 24.7. The summed E-state index contributed by atoms with van der Waals surface area (Å²) in [4.78, 5) is 24.2. The van der Waals surface area contributed by atoms with E-state index in [1.165, 1.54) is 12.1 Å².